The molecule has 6 heteroatoms. The van der Waals surface area contributed by atoms with Crippen molar-refractivity contribution in [2.45, 2.75) is 0 Å². The molecule has 0 radical (unpaired) electrons. The van der Waals surface area contributed by atoms with Gasteiger partial charge in [-0.3, -0.25) is 14.7 Å². The van der Waals surface area contributed by atoms with Crippen molar-refractivity contribution in [3.05, 3.63) is 71.0 Å². The zero-order valence-corrected chi connectivity index (χ0v) is 10.4. The Morgan fingerprint density at radius 2 is 1.85 bits per heavy atom. The number of benzene rings is 2. The fourth-order valence-electron chi connectivity index (χ4n) is 1.97. The standard InChI is InChI=1S/C14H10N4O2/c19-18(20)13-8-4-5-11(9-13)14-16-15-10-17(14)12-6-2-1-3-7-12/h1-10H. The highest BCUT2D eigenvalue weighted by atomic mass is 16.6. The summed E-state index contributed by atoms with van der Waals surface area (Å²) in [6.45, 7) is 0. The summed E-state index contributed by atoms with van der Waals surface area (Å²) in [5.74, 6) is 0.569. The van der Waals surface area contributed by atoms with Crippen molar-refractivity contribution in [1.82, 2.24) is 14.8 Å². The largest absolute Gasteiger partial charge is 0.282 e. The summed E-state index contributed by atoms with van der Waals surface area (Å²) in [4.78, 5) is 10.4. The maximum atomic E-state index is 10.8. The first-order valence-corrected chi connectivity index (χ1v) is 5.96. The van der Waals surface area contributed by atoms with E-state index in [9.17, 15) is 10.1 Å². The molecule has 1 aromatic heterocycles. The summed E-state index contributed by atoms with van der Waals surface area (Å²) in [6, 6.07) is 15.9. The van der Waals surface area contributed by atoms with Crippen LogP contribution in [-0.4, -0.2) is 19.7 Å². The van der Waals surface area contributed by atoms with Crippen LogP contribution in [0.5, 0.6) is 0 Å². The van der Waals surface area contributed by atoms with Crippen LogP contribution in [0.1, 0.15) is 0 Å². The molecule has 0 saturated carbocycles. The third kappa shape index (κ3) is 2.14. The molecule has 0 aliphatic heterocycles. The minimum absolute atomic E-state index is 0.0325. The second-order valence-electron chi connectivity index (χ2n) is 4.17. The van der Waals surface area contributed by atoms with E-state index in [2.05, 4.69) is 10.2 Å². The van der Waals surface area contributed by atoms with Crippen LogP contribution in [0.15, 0.2) is 60.9 Å². The maximum absolute atomic E-state index is 10.8. The first-order chi connectivity index (χ1) is 9.75. The molecule has 0 spiro atoms. The number of hydrogen-bond acceptors (Lipinski definition) is 4. The molecule has 0 aliphatic rings. The summed E-state index contributed by atoms with van der Waals surface area (Å²) in [6.07, 6.45) is 1.59. The van der Waals surface area contributed by atoms with Crippen LogP contribution in [0.25, 0.3) is 17.1 Å². The number of para-hydroxylation sites is 1. The van der Waals surface area contributed by atoms with Gasteiger partial charge in [-0.25, -0.2) is 0 Å². The van der Waals surface area contributed by atoms with Gasteiger partial charge in [0.25, 0.3) is 5.69 Å². The molecule has 0 amide bonds. The Labute approximate surface area is 114 Å². The number of nitro benzene ring substituents is 1. The third-order valence-electron chi connectivity index (χ3n) is 2.90. The normalized spacial score (nSPS) is 10.4. The van der Waals surface area contributed by atoms with Crippen LogP contribution >= 0.6 is 0 Å². The van der Waals surface area contributed by atoms with Crippen LogP contribution in [0, 0.1) is 10.1 Å². The van der Waals surface area contributed by atoms with E-state index in [4.69, 9.17) is 0 Å². The van der Waals surface area contributed by atoms with Crippen molar-refractivity contribution in [2.75, 3.05) is 0 Å². The van der Waals surface area contributed by atoms with Crippen LogP contribution in [0.2, 0.25) is 0 Å². The molecule has 0 saturated heterocycles. The molecule has 98 valence electrons. The summed E-state index contributed by atoms with van der Waals surface area (Å²) in [7, 11) is 0. The number of non-ortho nitro benzene ring substituents is 1. The highest BCUT2D eigenvalue weighted by molar-refractivity contribution is 5.61. The molecular weight excluding hydrogens is 256 g/mol. The summed E-state index contributed by atoms with van der Waals surface area (Å²) in [5, 5.41) is 18.8. The summed E-state index contributed by atoms with van der Waals surface area (Å²) < 4.78 is 1.79. The van der Waals surface area contributed by atoms with Gasteiger partial charge in [0.2, 0.25) is 0 Å². The molecule has 2 aromatic carbocycles. The monoisotopic (exact) mass is 266 g/mol. The number of nitro groups is 1. The van der Waals surface area contributed by atoms with E-state index in [1.165, 1.54) is 12.1 Å². The summed E-state index contributed by atoms with van der Waals surface area (Å²) in [5.41, 5.74) is 1.59. The van der Waals surface area contributed by atoms with E-state index in [1.54, 1.807) is 23.0 Å². The van der Waals surface area contributed by atoms with E-state index in [-0.39, 0.29) is 5.69 Å². The molecule has 0 fully saturated rings. The van der Waals surface area contributed by atoms with Gasteiger partial charge in [0.1, 0.15) is 6.33 Å². The lowest BCUT2D eigenvalue weighted by Crippen LogP contribution is -1.96. The van der Waals surface area contributed by atoms with Gasteiger partial charge in [-0.2, -0.15) is 0 Å². The van der Waals surface area contributed by atoms with Crippen LogP contribution in [0.4, 0.5) is 5.69 Å². The average Bonchev–Trinajstić information content (AvgIpc) is 2.98. The third-order valence-corrected chi connectivity index (χ3v) is 2.90. The Balaban J connectivity index is 2.10. The fourth-order valence-corrected chi connectivity index (χ4v) is 1.97. The Morgan fingerprint density at radius 3 is 2.60 bits per heavy atom. The first-order valence-electron chi connectivity index (χ1n) is 5.96. The number of nitrogens with zero attached hydrogens (tertiary/aromatic N) is 4. The minimum Gasteiger partial charge on any atom is -0.282 e. The minimum atomic E-state index is -0.424. The van der Waals surface area contributed by atoms with Crippen molar-refractivity contribution >= 4 is 5.69 Å². The van der Waals surface area contributed by atoms with Gasteiger partial charge in [-0.15, -0.1) is 10.2 Å². The number of hydrogen-bond donors (Lipinski definition) is 0. The quantitative estimate of drug-likeness (QED) is 0.539. The Morgan fingerprint density at radius 1 is 1.05 bits per heavy atom. The molecule has 3 rings (SSSR count). The molecule has 1 heterocycles. The van der Waals surface area contributed by atoms with Crippen molar-refractivity contribution in [1.29, 1.82) is 0 Å². The van der Waals surface area contributed by atoms with Crippen molar-refractivity contribution in [3.8, 4) is 17.1 Å². The molecule has 6 nitrogen and oxygen atoms in total. The predicted molar refractivity (Wildman–Crippen MR) is 73.4 cm³/mol. The SMILES string of the molecule is O=[N+]([O-])c1cccc(-c2nncn2-c2ccccc2)c1. The molecule has 3 aromatic rings. The van der Waals surface area contributed by atoms with E-state index >= 15 is 0 Å². The molecule has 0 aliphatic carbocycles. The average molecular weight is 266 g/mol. The van der Waals surface area contributed by atoms with Crippen LogP contribution < -0.4 is 0 Å². The van der Waals surface area contributed by atoms with E-state index in [0.717, 1.165) is 5.69 Å². The Bertz CT molecular complexity index is 753. The zero-order chi connectivity index (χ0) is 13.9. The van der Waals surface area contributed by atoms with E-state index < -0.39 is 4.92 Å². The smallest absolute Gasteiger partial charge is 0.270 e. The van der Waals surface area contributed by atoms with Gasteiger partial charge in [-0.05, 0) is 12.1 Å². The van der Waals surface area contributed by atoms with Crippen molar-refractivity contribution in [3.63, 3.8) is 0 Å². The van der Waals surface area contributed by atoms with Crippen molar-refractivity contribution in [2.24, 2.45) is 0 Å². The molecule has 20 heavy (non-hydrogen) atoms. The van der Waals surface area contributed by atoms with Gasteiger partial charge in [0.05, 0.1) is 4.92 Å². The molecule has 0 bridgehead atoms. The lowest BCUT2D eigenvalue weighted by molar-refractivity contribution is -0.384. The molecule has 0 unspecified atom stereocenters. The number of aromatic nitrogens is 3. The number of rotatable bonds is 3. The first kappa shape index (κ1) is 12.0. The van der Waals surface area contributed by atoms with E-state index in [1.807, 2.05) is 30.3 Å². The highest BCUT2D eigenvalue weighted by Crippen LogP contribution is 2.24. The topological polar surface area (TPSA) is 73.8 Å². The molecular formula is C14H10N4O2. The maximum Gasteiger partial charge on any atom is 0.270 e. The van der Waals surface area contributed by atoms with Gasteiger partial charge in [-0.1, -0.05) is 30.3 Å². The lowest BCUT2D eigenvalue weighted by Gasteiger charge is -2.06. The van der Waals surface area contributed by atoms with E-state index in [0.29, 0.717) is 11.4 Å². The Kier molecular flexibility index (Phi) is 2.96. The lowest BCUT2D eigenvalue weighted by atomic mass is 10.2. The predicted octanol–water partition coefficient (Wildman–Crippen LogP) is 2.84. The molecule has 0 N–H and O–H groups in total. The fraction of sp³-hybridized carbons (Fsp3) is 0. The van der Waals surface area contributed by atoms with Gasteiger partial charge >= 0.3 is 0 Å². The van der Waals surface area contributed by atoms with Crippen molar-refractivity contribution < 1.29 is 4.92 Å². The second kappa shape index (κ2) is 4.93. The van der Waals surface area contributed by atoms with Gasteiger partial charge < -0.3 is 0 Å². The zero-order valence-electron chi connectivity index (χ0n) is 10.4. The molecule has 0 atom stereocenters. The van der Waals surface area contributed by atoms with Gasteiger partial charge in [0.15, 0.2) is 5.82 Å². The second-order valence-corrected chi connectivity index (χ2v) is 4.17. The van der Waals surface area contributed by atoms with Gasteiger partial charge in [0, 0.05) is 23.4 Å². The summed E-state index contributed by atoms with van der Waals surface area (Å²) >= 11 is 0. The van der Waals surface area contributed by atoms with Crippen LogP contribution in [-0.2, 0) is 0 Å². The highest BCUT2D eigenvalue weighted by Gasteiger charge is 2.12. The van der Waals surface area contributed by atoms with Crippen LogP contribution in [0.3, 0.4) is 0 Å². The Hall–Kier alpha value is -3.02.